The van der Waals surface area contributed by atoms with Crippen molar-refractivity contribution in [3.63, 3.8) is 0 Å². The lowest BCUT2D eigenvalue weighted by Gasteiger charge is -2.58. The van der Waals surface area contributed by atoms with Crippen molar-refractivity contribution in [2.45, 2.75) is 117 Å². The van der Waals surface area contributed by atoms with Gasteiger partial charge in [0.25, 0.3) is 0 Å². The Kier molecular flexibility index (Phi) is 6.54. The van der Waals surface area contributed by atoms with Gasteiger partial charge in [0, 0.05) is 21.6 Å². The summed E-state index contributed by atoms with van der Waals surface area (Å²) in [5, 5.41) is 12.8. The number of esters is 1. The van der Waals surface area contributed by atoms with E-state index in [0.717, 1.165) is 12.0 Å². The Labute approximate surface area is 241 Å². The molecule has 3 fully saturated rings. The summed E-state index contributed by atoms with van der Waals surface area (Å²) >= 11 is 0. The highest BCUT2D eigenvalue weighted by molar-refractivity contribution is 6.73. The summed E-state index contributed by atoms with van der Waals surface area (Å²) in [4.78, 5) is 28.2. The highest BCUT2D eigenvalue weighted by Gasteiger charge is 2.78. The first-order valence-corrected chi connectivity index (χ1v) is 16.9. The number of carbonyl (C=O) groups is 2. The molecule has 0 aromatic rings. The number of hydrogen-bond donors (Lipinski definition) is 1. The molecule has 0 aromatic heterocycles. The summed E-state index contributed by atoms with van der Waals surface area (Å²) < 4.78 is 20.3. The van der Waals surface area contributed by atoms with Crippen molar-refractivity contribution in [1.82, 2.24) is 0 Å². The van der Waals surface area contributed by atoms with Gasteiger partial charge in [-0.15, -0.1) is 0 Å². The highest BCUT2D eigenvalue weighted by atomic mass is 28.4. The van der Waals surface area contributed by atoms with E-state index in [0.29, 0.717) is 23.7 Å². The molecule has 0 amide bonds. The molecule has 2 bridgehead atoms. The number of fused-ring (bicyclic) bond motifs is 5. The van der Waals surface area contributed by atoms with E-state index in [1.807, 2.05) is 13.0 Å². The van der Waals surface area contributed by atoms with E-state index in [9.17, 15) is 14.7 Å². The van der Waals surface area contributed by atoms with Gasteiger partial charge in [0.1, 0.15) is 6.10 Å². The Bertz CT molecular complexity index is 1210. The molecule has 1 saturated heterocycles. The Morgan fingerprint density at radius 3 is 2.33 bits per heavy atom. The molecular weight excluding hydrogens is 520 g/mol. The quantitative estimate of drug-likeness (QED) is 0.178. The second-order valence-corrected chi connectivity index (χ2v) is 20.7. The second-order valence-electron chi connectivity index (χ2n) is 16.0. The minimum Gasteiger partial charge on any atom is -0.451 e. The van der Waals surface area contributed by atoms with Crippen LogP contribution in [0.4, 0.5) is 0 Å². The van der Waals surface area contributed by atoms with E-state index >= 15 is 0 Å². The van der Waals surface area contributed by atoms with Crippen LogP contribution in [0, 0.1) is 34.5 Å². The topological polar surface area (TPSA) is 82.1 Å². The third-order valence-corrected chi connectivity index (χ3v) is 16.4. The first-order chi connectivity index (χ1) is 18.2. The third kappa shape index (κ3) is 3.56. The van der Waals surface area contributed by atoms with Crippen LogP contribution in [0.15, 0.2) is 34.9 Å². The first kappa shape index (κ1) is 29.9. The van der Waals surface area contributed by atoms with E-state index in [-0.39, 0.29) is 39.0 Å². The molecule has 0 aromatic carbocycles. The van der Waals surface area contributed by atoms with Gasteiger partial charge in [-0.2, -0.15) is 0 Å². The van der Waals surface area contributed by atoms with E-state index in [1.165, 1.54) is 0 Å². The molecule has 2 saturated carbocycles. The zero-order valence-corrected chi connectivity index (χ0v) is 27.6. The highest BCUT2D eigenvalue weighted by Crippen LogP contribution is 2.72. The maximum atomic E-state index is 15.0. The number of Topliss-reactive ketones (excluding diaryl/α,β-unsaturated/α-hetero) is 1. The van der Waals surface area contributed by atoms with E-state index < -0.39 is 37.8 Å². The number of aliphatic hydroxyl groups is 1. The van der Waals surface area contributed by atoms with E-state index in [4.69, 9.17) is 13.6 Å². The molecule has 5 rings (SSSR count). The van der Waals surface area contributed by atoms with Gasteiger partial charge in [0.05, 0.1) is 12.0 Å². The maximum Gasteiger partial charge on any atom is 0.350 e. The first-order valence-electron chi connectivity index (χ1n) is 15.0. The smallest absolute Gasteiger partial charge is 0.350 e. The molecule has 1 spiro atoms. The fourth-order valence-electron chi connectivity index (χ4n) is 9.34. The Balaban J connectivity index is 1.77. The number of allylic oxidation sites excluding steroid dienone is 2. The lowest BCUT2D eigenvalue weighted by atomic mass is 9.59. The molecule has 0 radical (unpaired) electrons. The minimum atomic E-state index is -3.07. The summed E-state index contributed by atoms with van der Waals surface area (Å²) in [5.74, 6) is -0.380. The number of hydrogen-bond acceptors (Lipinski definition) is 6. The molecule has 1 heterocycles. The molecule has 5 aliphatic rings. The number of ether oxygens (including phenoxy) is 1. The minimum absolute atomic E-state index is 0.0329. The fourth-order valence-corrected chi connectivity index (χ4v) is 14.3. The SMILES string of the molecule is C/C=C(/C)C(=O)O[C@H]1C(C)=CC23C(=O)C(C=C4CO[Si](C(C)(C)C)(C(C)(C)C)O[C@H]4[C@]12O)[C@H]1[C@@H](C[C@H]3C)C1(C)C. The van der Waals surface area contributed by atoms with Gasteiger partial charge in [0.15, 0.2) is 17.5 Å². The van der Waals surface area contributed by atoms with Crippen molar-refractivity contribution in [1.29, 1.82) is 0 Å². The van der Waals surface area contributed by atoms with Crippen LogP contribution in [0.3, 0.4) is 0 Å². The monoisotopic (exact) mass is 570 g/mol. The molecular formula is C33H50O6Si. The lowest BCUT2D eigenvalue weighted by Crippen LogP contribution is -2.72. The zero-order chi connectivity index (χ0) is 30.0. The molecule has 2 unspecified atom stereocenters. The van der Waals surface area contributed by atoms with Gasteiger partial charge >= 0.3 is 14.5 Å². The summed E-state index contributed by atoms with van der Waals surface area (Å²) in [6.07, 6.45) is 4.73. The molecule has 6 nitrogen and oxygen atoms in total. The van der Waals surface area contributed by atoms with Gasteiger partial charge in [-0.1, -0.05) is 80.5 Å². The summed E-state index contributed by atoms with van der Waals surface area (Å²) in [6, 6.07) is 0. The normalized spacial score (nSPS) is 41.9. The number of rotatable bonds is 2. The Morgan fingerprint density at radius 1 is 1.18 bits per heavy atom. The van der Waals surface area contributed by atoms with E-state index in [1.54, 1.807) is 19.9 Å². The van der Waals surface area contributed by atoms with Crippen molar-refractivity contribution in [2.24, 2.45) is 34.5 Å². The van der Waals surface area contributed by atoms with E-state index in [2.05, 4.69) is 68.4 Å². The number of ketones is 1. The van der Waals surface area contributed by atoms with Crippen LogP contribution in [0.1, 0.15) is 89.5 Å². The van der Waals surface area contributed by atoms with Crippen molar-refractivity contribution in [3.8, 4) is 0 Å². The fraction of sp³-hybridized carbons (Fsp3) is 0.758. The molecule has 7 heteroatoms. The third-order valence-electron chi connectivity index (χ3n) is 11.4. The largest absolute Gasteiger partial charge is 0.451 e. The van der Waals surface area contributed by atoms with Crippen LogP contribution in [0.25, 0.3) is 0 Å². The predicted molar refractivity (Wildman–Crippen MR) is 158 cm³/mol. The van der Waals surface area contributed by atoms with Crippen molar-refractivity contribution in [2.75, 3.05) is 6.61 Å². The zero-order valence-electron chi connectivity index (χ0n) is 26.6. The van der Waals surface area contributed by atoms with Gasteiger partial charge in [-0.05, 0) is 61.5 Å². The second kappa shape index (κ2) is 8.74. The van der Waals surface area contributed by atoms with Crippen LogP contribution in [-0.2, 0) is 23.2 Å². The van der Waals surface area contributed by atoms with Gasteiger partial charge < -0.3 is 18.7 Å². The Morgan fingerprint density at radius 2 is 1.77 bits per heavy atom. The molecule has 1 aliphatic heterocycles. The van der Waals surface area contributed by atoms with Crippen molar-refractivity contribution < 1.29 is 28.3 Å². The van der Waals surface area contributed by atoms with Crippen LogP contribution in [-0.4, -0.2) is 49.8 Å². The predicted octanol–water partition coefficient (Wildman–Crippen LogP) is 6.44. The molecule has 222 valence electrons. The summed E-state index contributed by atoms with van der Waals surface area (Å²) in [5.41, 5.74) is -1.01. The van der Waals surface area contributed by atoms with Crippen LogP contribution >= 0.6 is 0 Å². The van der Waals surface area contributed by atoms with Crippen molar-refractivity contribution in [3.05, 3.63) is 34.9 Å². The summed E-state index contributed by atoms with van der Waals surface area (Å²) in [6.45, 7) is 25.2. The standard InChI is InChI=1S/C33H50O6Si/c1-13-18(2)28(35)38-26-19(3)16-32-20(4)14-23-24(31(23,11)12)22(25(32)34)15-21-17-37-40(29(5,6)7,30(8,9)10)39-27(21)33(26,32)36/h13,15-16,20,22-24,26-27,36H,14,17H2,1-12H3/b18-13-/t20-,22?,23-,24+,26+,27-,32?,33-/m1/s1. The van der Waals surface area contributed by atoms with Crippen LogP contribution < -0.4 is 0 Å². The Hall–Kier alpha value is -1.54. The summed E-state index contributed by atoms with van der Waals surface area (Å²) in [7, 11) is -3.07. The molecule has 40 heavy (non-hydrogen) atoms. The van der Waals surface area contributed by atoms with Gasteiger partial charge in [-0.3, -0.25) is 4.79 Å². The van der Waals surface area contributed by atoms with Crippen molar-refractivity contribution >= 4 is 20.3 Å². The average molecular weight is 571 g/mol. The van der Waals surface area contributed by atoms with Crippen LogP contribution in [0.2, 0.25) is 10.1 Å². The molecule has 8 atom stereocenters. The maximum absolute atomic E-state index is 15.0. The average Bonchev–Trinajstić information content (AvgIpc) is 3.34. The van der Waals surface area contributed by atoms with Gasteiger partial charge in [-0.25, -0.2) is 4.79 Å². The number of carbonyl (C=O) groups excluding carboxylic acids is 2. The molecule has 1 N–H and O–H groups in total. The lowest BCUT2D eigenvalue weighted by molar-refractivity contribution is -0.205. The van der Waals surface area contributed by atoms with Crippen LogP contribution in [0.5, 0.6) is 0 Å². The molecule has 4 aliphatic carbocycles. The van der Waals surface area contributed by atoms with Gasteiger partial charge in [0.2, 0.25) is 0 Å².